The first-order chi connectivity index (χ1) is 10.0. The molecule has 1 fully saturated rings. The lowest BCUT2D eigenvalue weighted by atomic mass is 10.1. The number of carbonyl (C=O) groups excluding carboxylic acids is 2. The number of anilines is 1. The molecular weight excluding hydrogens is 268 g/mol. The van der Waals surface area contributed by atoms with Gasteiger partial charge in [-0.2, -0.15) is 0 Å². The minimum absolute atomic E-state index is 0.0213. The van der Waals surface area contributed by atoms with Gasteiger partial charge in [-0.05, 0) is 24.5 Å². The first-order valence-electron chi connectivity index (χ1n) is 7.18. The molecule has 0 bridgehead atoms. The number of nitrogens with two attached hydrogens (primary N) is 2. The molecule has 0 heterocycles. The molecule has 0 unspecified atom stereocenters. The zero-order valence-corrected chi connectivity index (χ0v) is 12.0. The summed E-state index contributed by atoms with van der Waals surface area (Å²) in [5.74, 6) is -0.389. The molecular formula is C15H22N4O2. The van der Waals surface area contributed by atoms with Crippen molar-refractivity contribution < 1.29 is 9.59 Å². The molecule has 1 aliphatic rings. The Hall–Kier alpha value is -2.08. The van der Waals surface area contributed by atoms with Crippen LogP contribution in [0.2, 0.25) is 0 Å². The molecule has 2 amide bonds. The van der Waals surface area contributed by atoms with Crippen LogP contribution in [0.3, 0.4) is 0 Å². The van der Waals surface area contributed by atoms with Crippen molar-refractivity contribution in [1.29, 1.82) is 0 Å². The van der Waals surface area contributed by atoms with Crippen LogP contribution < -0.4 is 16.8 Å². The Morgan fingerprint density at radius 2 is 2.00 bits per heavy atom. The number of hydrogen-bond donors (Lipinski definition) is 3. The fourth-order valence-electron chi connectivity index (χ4n) is 2.14. The number of amides is 2. The van der Waals surface area contributed by atoms with Gasteiger partial charge < -0.3 is 16.8 Å². The van der Waals surface area contributed by atoms with Gasteiger partial charge in [-0.1, -0.05) is 18.2 Å². The van der Waals surface area contributed by atoms with Crippen LogP contribution in [0, 0.1) is 0 Å². The number of nitrogens with zero attached hydrogens (tertiary/aromatic N) is 1. The van der Waals surface area contributed by atoms with E-state index in [1.807, 2.05) is 29.2 Å². The Morgan fingerprint density at radius 3 is 2.62 bits per heavy atom. The van der Waals surface area contributed by atoms with Crippen molar-refractivity contribution in [2.24, 2.45) is 5.73 Å². The molecule has 6 heteroatoms. The first-order valence-corrected chi connectivity index (χ1v) is 7.18. The Kier molecular flexibility index (Phi) is 5.16. The SMILES string of the molecule is NC(=O)CN(CCC(=O)NC1CC1)Cc1ccccc1N. The maximum atomic E-state index is 11.7. The van der Waals surface area contributed by atoms with E-state index in [0.29, 0.717) is 31.2 Å². The molecule has 0 atom stereocenters. The maximum Gasteiger partial charge on any atom is 0.231 e. The van der Waals surface area contributed by atoms with E-state index < -0.39 is 5.91 Å². The predicted molar refractivity (Wildman–Crippen MR) is 81.1 cm³/mol. The molecule has 0 radical (unpaired) electrons. The van der Waals surface area contributed by atoms with Crippen molar-refractivity contribution >= 4 is 17.5 Å². The van der Waals surface area contributed by atoms with Gasteiger partial charge in [-0.15, -0.1) is 0 Å². The van der Waals surface area contributed by atoms with E-state index in [0.717, 1.165) is 18.4 Å². The van der Waals surface area contributed by atoms with Gasteiger partial charge >= 0.3 is 0 Å². The second-order valence-corrected chi connectivity index (χ2v) is 5.47. The molecule has 21 heavy (non-hydrogen) atoms. The average molecular weight is 290 g/mol. The summed E-state index contributed by atoms with van der Waals surface area (Å²) in [6.07, 6.45) is 2.49. The van der Waals surface area contributed by atoms with E-state index in [9.17, 15) is 9.59 Å². The second kappa shape index (κ2) is 7.08. The zero-order chi connectivity index (χ0) is 15.2. The summed E-state index contributed by atoms with van der Waals surface area (Å²) in [4.78, 5) is 24.7. The fourth-order valence-corrected chi connectivity index (χ4v) is 2.14. The van der Waals surface area contributed by atoms with Crippen LogP contribution in [-0.2, 0) is 16.1 Å². The summed E-state index contributed by atoms with van der Waals surface area (Å²) in [5, 5.41) is 2.93. The smallest absolute Gasteiger partial charge is 0.231 e. The van der Waals surface area contributed by atoms with Crippen LogP contribution in [0.5, 0.6) is 0 Å². The molecule has 1 aromatic rings. The van der Waals surface area contributed by atoms with E-state index in [4.69, 9.17) is 11.5 Å². The van der Waals surface area contributed by atoms with Crippen LogP contribution in [0.1, 0.15) is 24.8 Å². The van der Waals surface area contributed by atoms with Crippen LogP contribution in [-0.4, -0.2) is 35.8 Å². The number of nitrogens with one attached hydrogen (secondary N) is 1. The van der Waals surface area contributed by atoms with Gasteiger partial charge in [0, 0.05) is 31.2 Å². The predicted octanol–water partition coefficient (Wildman–Crippen LogP) is 0.225. The van der Waals surface area contributed by atoms with Crippen molar-refractivity contribution in [3.63, 3.8) is 0 Å². The topological polar surface area (TPSA) is 101 Å². The number of primary amides is 1. The van der Waals surface area contributed by atoms with Crippen molar-refractivity contribution in [3.8, 4) is 0 Å². The lowest BCUT2D eigenvalue weighted by molar-refractivity contribution is -0.123. The molecule has 6 nitrogen and oxygen atoms in total. The molecule has 1 saturated carbocycles. The van der Waals surface area contributed by atoms with Crippen LogP contribution in [0.15, 0.2) is 24.3 Å². The Bertz CT molecular complexity index is 514. The second-order valence-electron chi connectivity index (χ2n) is 5.47. The summed E-state index contributed by atoms with van der Waals surface area (Å²) in [6, 6.07) is 7.84. The summed E-state index contributed by atoms with van der Waals surface area (Å²) in [5.41, 5.74) is 12.8. The summed E-state index contributed by atoms with van der Waals surface area (Å²) >= 11 is 0. The Balaban J connectivity index is 1.88. The van der Waals surface area contributed by atoms with E-state index in [1.165, 1.54) is 0 Å². The Morgan fingerprint density at radius 1 is 1.29 bits per heavy atom. The largest absolute Gasteiger partial charge is 0.398 e. The summed E-state index contributed by atoms with van der Waals surface area (Å²) < 4.78 is 0. The highest BCUT2D eigenvalue weighted by Gasteiger charge is 2.23. The third kappa shape index (κ3) is 5.43. The van der Waals surface area contributed by atoms with E-state index >= 15 is 0 Å². The monoisotopic (exact) mass is 290 g/mol. The van der Waals surface area contributed by atoms with Crippen molar-refractivity contribution in [2.45, 2.75) is 31.8 Å². The molecule has 1 aromatic carbocycles. The van der Waals surface area contributed by atoms with Crippen molar-refractivity contribution in [3.05, 3.63) is 29.8 Å². The first kappa shape index (κ1) is 15.3. The quantitative estimate of drug-likeness (QED) is 0.596. The molecule has 114 valence electrons. The lowest BCUT2D eigenvalue weighted by Crippen LogP contribution is -2.37. The molecule has 0 aromatic heterocycles. The van der Waals surface area contributed by atoms with Gasteiger partial charge in [0.1, 0.15) is 0 Å². The lowest BCUT2D eigenvalue weighted by Gasteiger charge is -2.21. The minimum Gasteiger partial charge on any atom is -0.398 e. The van der Waals surface area contributed by atoms with E-state index in [2.05, 4.69) is 5.32 Å². The molecule has 0 saturated heterocycles. The van der Waals surface area contributed by atoms with Gasteiger partial charge in [0.2, 0.25) is 11.8 Å². The Labute approximate surface area is 124 Å². The fraction of sp³-hybridized carbons (Fsp3) is 0.467. The highest BCUT2D eigenvalue weighted by Crippen LogP contribution is 2.18. The molecule has 0 spiro atoms. The van der Waals surface area contributed by atoms with Gasteiger partial charge in [0.25, 0.3) is 0 Å². The van der Waals surface area contributed by atoms with Crippen molar-refractivity contribution in [1.82, 2.24) is 10.2 Å². The molecule has 5 N–H and O–H groups in total. The van der Waals surface area contributed by atoms with Crippen LogP contribution in [0.4, 0.5) is 5.69 Å². The number of rotatable bonds is 8. The molecule has 1 aliphatic carbocycles. The van der Waals surface area contributed by atoms with Crippen molar-refractivity contribution in [2.75, 3.05) is 18.8 Å². The average Bonchev–Trinajstić information content (AvgIpc) is 3.22. The van der Waals surface area contributed by atoms with E-state index in [1.54, 1.807) is 0 Å². The third-order valence-corrected chi connectivity index (χ3v) is 3.43. The van der Waals surface area contributed by atoms with Gasteiger partial charge in [0.05, 0.1) is 6.54 Å². The normalized spacial score (nSPS) is 14.1. The highest BCUT2D eigenvalue weighted by molar-refractivity contribution is 5.77. The van der Waals surface area contributed by atoms with Crippen LogP contribution >= 0.6 is 0 Å². The van der Waals surface area contributed by atoms with Gasteiger partial charge in [-0.3, -0.25) is 14.5 Å². The number of nitrogen functional groups attached to an aromatic ring is 1. The maximum absolute atomic E-state index is 11.7. The number of para-hydroxylation sites is 1. The zero-order valence-electron chi connectivity index (χ0n) is 12.0. The minimum atomic E-state index is -0.410. The highest BCUT2D eigenvalue weighted by atomic mass is 16.2. The molecule has 0 aliphatic heterocycles. The van der Waals surface area contributed by atoms with Gasteiger partial charge in [-0.25, -0.2) is 0 Å². The third-order valence-electron chi connectivity index (χ3n) is 3.43. The number of hydrogen-bond acceptors (Lipinski definition) is 4. The van der Waals surface area contributed by atoms with E-state index in [-0.39, 0.29) is 12.5 Å². The molecule has 2 rings (SSSR count). The van der Waals surface area contributed by atoms with Crippen LogP contribution in [0.25, 0.3) is 0 Å². The number of benzene rings is 1. The summed E-state index contributed by atoms with van der Waals surface area (Å²) in [7, 11) is 0. The van der Waals surface area contributed by atoms with Gasteiger partial charge in [0.15, 0.2) is 0 Å². The standard InChI is InChI=1S/C15H22N4O2/c16-13-4-2-1-3-11(13)9-19(10-14(17)20)8-7-15(21)18-12-5-6-12/h1-4,12H,5-10,16H2,(H2,17,20)(H,18,21). The number of carbonyl (C=O) groups is 2. The summed E-state index contributed by atoms with van der Waals surface area (Å²) in [6.45, 7) is 1.10.